The second-order valence-electron chi connectivity index (χ2n) is 5.96. The molecule has 0 fully saturated rings. The molecule has 122 valence electrons. The number of pyridine rings is 1. The van der Waals surface area contributed by atoms with Gasteiger partial charge in [-0.2, -0.15) is 0 Å². The number of anilines is 1. The van der Waals surface area contributed by atoms with Gasteiger partial charge in [0.1, 0.15) is 18.2 Å². The van der Waals surface area contributed by atoms with Crippen LogP contribution in [0.5, 0.6) is 5.75 Å². The van der Waals surface area contributed by atoms with Gasteiger partial charge >= 0.3 is 0 Å². The number of hydrogen-bond acceptors (Lipinski definition) is 3. The first-order valence-corrected chi connectivity index (χ1v) is 7.88. The number of hydrogen-bond donors (Lipinski definition) is 1. The number of nitrogens with one attached hydrogen (secondary N) is 1. The van der Waals surface area contributed by atoms with Gasteiger partial charge in [0.05, 0.1) is 5.52 Å². The maximum Gasteiger partial charge on any atom is 0.222 e. The molecular formula is C20H20N2O2. The lowest BCUT2D eigenvalue weighted by Gasteiger charge is -2.10. The minimum absolute atomic E-state index is 0.125. The molecule has 1 N–H and O–H groups in total. The first kappa shape index (κ1) is 16.0. The summed E-state index contributed by atoms with van der Waals surface area (Å²) in [4.78, 5) is 15.5. The van der Waals surface area contributed by atoms with Crippen molar-refractivity contribution in [3.63, 3.8) is 0 Å². The van der Waals surface area contributed by atoms with E-state index in [-0.39, 0.29) is 5.91 Å². The molecule has 3 rings (SSSR count). The molecule has 0 unspecified atom stereocenters. The van der Waals surface area contributed by atoms with Crippen LogP contribution in [-0.4, -0.2) is 10.9 Å². The fourth-order valence-corrected chi connectivity index (χ4v) is 2.64. The Bertz CT molecular complexity index is 903. The van der Waals surface area contributed by atoms with Crippen molar-refractivity contribution in [3.8, 4) is 5.75 Å². The van der Waals surface area contributed by atoms with E-state index in [0.29, 0.717) is 12.4 Å². The molecule has 1 amide bonds. The summed E-state index contributed by atoms with van der Waals surface area (Å²) in [5.41, 5.74) is 4.29. The van der Waals surface area contributed by atoms with Crippen molar-refractivity contribution in [3.05, 3.63) is 65.2 Å². The smallest absolute Gasteiger partial charge is 0.222 e. The molecule has 2 aromatic carbocycles. The molecule has 0 spiro atoms. The lowest BCUT2D eigenvalue weighted by atomic mass is 10.1. The lowest BCUT2D eigenvalue weighted by molar-refractivity contribution is -0.114. The van der Waals surface area contributed by atoms with Crippen molar-refractivity contribution in [2.75, 3.05) is 5.32 Å². The van der Waals surface area contributed by atoms with Gasteiger partial charge in [0, 0.05) is 12.3 Å². The predicted octanol–water partition coefficient (Wildman–Crippen LogP) is 4.39. The lowest BCUT2D eigenvalue weighted by Crippen LogP contribution is -2.07. The number of ether oxygens (including phenoxy) is 1. The number of amides is 1. The van der Waals surface area contributed by atoms with E-state index in [9.17, 15) is 4.79 Å². The van der Waals surface area contributed by atoms with Crippen LogP contribution in [0.15, 0.2) is 48.5 Å². The van der Waals surface area contributed by atoms with Gasteiger partial charge in [-0.15, -0.1) is 0 Å². The van der Waals surface area contributed by atoms with Crippen LogP contribution >= 0.6 is 0 Å². The van der Waals surface area contributed by atoms with Crippen molar-refractivity contribution in [2.45, 2.75) is 27.4 Å². The molecule has 0 aliphatic rings. The molecule has 1 aromatic heterocycles. The Kier molecular flexibility index (Phi) is 4.47. The number of fused-ring (bicyclic) bond motifs is 1. The minimum atomic E-state index is -0.125. The van der Waals surface area contributed by atoms with Crippen molar-refractivity contribution >= 4 is 22.6 Å². The SMILES string of the molecule is CC(=O)Nc1ccc2cc(COc3ccc(C)cc3C)ccc2n1. The van der Waals surface area contributed by atoms with Gasteiger partial charge in [-0.05, 0) is 55.3 Å². The fraction of sp³-hybridized carbons (Fsp3) is 0.200. The number of carbonyl (C=O) groups excluding carboxylic acids is 1. The summed E-state index contributed by atoms with van der Waals surface area (Å²) < 4.78 is 5.93. The largest absolute Gasteiger partial charge is 0.489 e. The van der Waals surface area contributed by atoms with E-state index in [0.717, 1.165) is 27.8 Å². The van der Waals surface area contributed by atoms with Crippen LogP contribution in [0.25, 0.3) is 10.9 Å². The number of carbonyl (C=O) groups is 1. The van der Waals surface area contributed by atoms with Gasteiger partial charge in [0.25, 0.3) is 0 Å². The highest BCUT2D eigenvalue weighted by molar-refractivity contribution is 5.89. The molecule has 0 radical (unpaired) electrons. The van der Waals surface area contributed by atoms with E-state index in [1.165, 1.54) is 12.5 Å². The quantitative estimate of drug-likeness (QED) is 0.775. The number of nitrogens with zero attached hydrogens (tertiary/aromatic N) is 1. The van der Waals surface area contributed by atoms with Crippen LogP contribution in [0.4, 0.5) is 5.82 Å². The zero-order valence-corrected chi connectivity index (χ0v) is 14.1. The Balaban J connectivity index is 1.77. The van der Waals surface area contributed by atoms with E-state index in [1.54, 1.807) is 6.07 Å². The van der Waals surface area contributed by atoms with Gasteiger partial charge in [-0.25, -0.2) is 4.98 Å². The van der Waals surface area contributed by atoms with Crippen molar-refractivity contribution in [1.29, 1.82) is 0 Å². The second-order valence-corrected chi connectivity index (χ2v) is 5.96. The molecule has 0 saturated carbocycles. The van der Waals surface area contributed by atoms with Crippen LogP contribution in [0.2, 0.25) is 0 Å². The van der Waals surface area contributed by atoms with Crippen LogP contribution in [0.3, 0.4) is 0 Å². The second kappa shape index (κ2) is 6.71. The van der Waals surface area contributed by atoms with E-state index in [2.05, 4.69) is 42.3 Å². The number of benzene rings is 2. The van der Waals surface area contributed by atoms with Crippen molar-refractivity contribution in [2.24, 2.45) is 0 Å². The number of aromatic nitrogens is 1. The number of rotatable bonds is 4. The Morgan fingerprint density at radius 1 is 1.08 bits per heavy atom. The third-order valence-electron chi connectivity index (χ3n) is 3.78. The van der Waals surface area contributed by atoms with Crippen LogP contribution in [0.1, 0.15) is 23.6 Å². The molecule has 4 heteroatoms. The number of aryl methyl sites for hydroxylation is 2. The van der Waals surface area contributed by atoms with Gasteiger partial charge in [-0.3, -0.25) is 4.79 Å². The topological polar surface area (TPSA) is 51.2 Å². The normalized spacial score (nSPS) is 10.6. The monoisotopic (exact) mass is 320 g/mol. The van der Waals surface area contributed by atoms with Crippen LogP contribution in [0, 0.1) is 13.8 Å². The third kappa shape index (κ3) is 3.71. The maximum absolute atomic E-state index is 11.1. The summed E-state index contributed by atoms with van der Waals surface area (Å²) in [5.74, 6) is 1.34. The van der Waals surface area contributed by atoms with E-state index in [1.807, 2.05) is 24.3 Å². The molecular weight excluding hydrogens is 300 g/mol. The summed E-state index contributed by atoms with van der Waals surface area (Å²) in [6.45, 7) is 6.10. The Labute approximate surface area is 141 Å². The van der Waals surface area contributed by atoms with E-state index in [4.69, 9.17) is 4.74 Å². The maximum atomic E-state index is 11.1. The highest BCUT2D eigenvalue weighted by Gasteiger charge is 2.04. The zero-order valence-electron chi connectivity index (χ0n) is 14.1. The molecule has 0 aliphatic heterocycles. The molecule has 0 bridgehead atoms. The summed E-state index contributed by atoms with van der Waals surface area (Å²) >= 11 is 0. The Hall–Kier alpha value is -2.88. The molecule has 0 aliphatic carbocycles. The van der Waals surface area contributed by atoms with Gasteiger partial charge < -0.3 is 10.1 Å². The van der Waals surface area contributed by atoms with E-state index < -0.39 is 0 Å². The van der Waals surface area contributed by atoms with E-state index >= 15 is 0 Å². The summed E-state index contributed by atoms with van der Waals surface area (Å²) in [7, 11) is 0. The Morgan fingerprint density at radius 2 is 1.92 bits per heavy atom. The molecule has 24 heavy (non-hydrogen) atoms. The summed E-state index contributed by atoms with van der Waals surface area (Å²) in [6, 6.07) is 15.9. The average molecular weight is 320 g/mol. The van der Waals surface area contributed by atoms with Gasteiger partial charge in [-0.1, -0.05) is 23.8 Å². The summed E-state index contributed by atoms with van der Waals surface area (Å²) in [5, 5.41) is 3.71. The standard InChI is InChI=1S/C20H20N2O2/c1-13-4-8-19(14(2)10-13)24-12-16-5-7-18-17(11-16)6-9-20(22-18)21-15(3)23/h4-11H,12H2,1-3H3,(H,21,22,23). The van der Waals surface area contributed by atoms with Gasteiger partial charge in [0.15, 0.2) is 0 Å². The highest BCUT2D eigenvalue weighted by Crippen LogP contribution is 2.22. The molecule has 4 nitrogen and oxygen atoms in total. The predicted molar refractivity (Wildman–Crippen MR) is 96.3 cm³/mol. The minimum Gasteiger partial charge on any atom is -0.489 e. The van der Waals surface area contributed by atoms with Gasteiger partial charge in [0.2, 0.25) is 5.91 Å². The van der Waals surface area contributed by atoms with Crippen LogP contribution < -0.4 is 10.1 Å². The van der Waals surface area contributed by atoms with Crippen molar-refractivity contribution < 1.29 is 9.53 Å². The highest BCUT2D eigenvalue weighted by atomic mass is 16.5. The molecule has 0 atom stereocenters. The van der Waals surface area contributed by atoms with Crippen LogP contribution in [-0.2, 0) is 11.4 Å². The first-order chi connectivity index (χ1) is 11.5. The third-order valence-corrected chi connectivity index (χ3v) is 3.78. The average Bonchev–Trinajstić information content (AvgIpc) is 2.53. The zero-order chi connectivity index (χ0) is 17.1. The molecule has 3 aromatic rings. The Morgan fingerprint density at radius 3 is 2.67 bits per heavy atom. The molecule has 1 heterocycles. The first-order valence-electron chi connectivity index (χ1n) is 7.88. The fourth-order valence-electron chi connectivity index (χ4n) is 2.64. The summed E-state index contributed by atoms with van der Waals surface area (Å²) in [6.07, 6.45) is 0. The molecule has 0 saturated heterocycles. The van der Waals surface area contributed by atoms with Crippen molar-refractivity contribution in [1.82, 2.24) is 4.98 Å².